The van der Waals surface area contributed by atoms with Crippen molar-refractivity contribution in [3.63, 3.8) is 0 Å². The molecule has 0 spiro atoms. The van der Waals surface area contributed by atoms with Crippen molar-refractivity contribution in [2.24, 2.45) is 0 Å². The van der Waals surface area contributed by atoms with Crippen LogP contribution in [0.4, 0.5) is 0 Å². The third kappa shape index (κ3) is 3.05. The molecule has 1 aliphatic rings. The van der Waals surface area contributed by atoms with Gasteiger partial charge in [-0.05, 0) is 60.9 Å². The van der Waals surface area contributed by atoms with Crippen LogP contribution >= 0.6 is 0 Å². The molecule has 130 valence electrons. The van der Waals surface area contributed by atoms with Crippen molar-refractivity contribution < 1.29 is 24.1 Å². The van der Waals surface area contributed by atoms with Gasteiger partial charge in [-0.1, -0.05) is 0 Å². The summed E-state index contributed by atoms with van der Waals surface area (Å²) in [5.41, 5.74) is 3.92. The van der Waals surface area contributed by atoms with E-state index in [1.54, 1.807) is 18.2 Å². The van der Waals surface area contributed by atoms with Gasteiger partial charge in [0.15, 0.2) is 17.3 Å². The zero-order valence-electron chi connectivity index (χ0n) is 14.7. The molecule has 5 nitrogen and oxygen atoms in total. The van der Waals surface area contributed by atoms with E-state index < -0.39 is 0 Å². The Balaban J connectivity index is 2.03. The van der Waals surface area contributed by atoms with Crippen LogP contribution in [0.5, 0.6) is 23.0 Å². The van der Waals surface area contributed by atoms with Gasteiger partial charge in [0.2, 0.25) is 5.75 Å². The second kappa shape index (κ2) is 6.51. The number of rotatable bonds is 3. The summed E-state index contributed by atoms with van der Waals surface area (Å²) in [7, 11) is 2.92. The molecule has 1 N–H and O–H groups in total. The van der Waals surface area contributed by atoms with E-state index in [2.05, 4.69) is 0 Å². The van der Waals surface area contributed by atoms with Crippen LogP contribution in [0.1, 0.15) is 27.0 Å². The zero-order chi connectivity index (χ0) is 18.1. The van der Waals surface area contributed by atoms with Gasteiger partial charge in [0.25, 0.3) is 0 Å². The fourth-order valence-corrected chi connectivity index (χ4v) is 2.79. The van der Waals surface area contributed by atoms with Crippen LogP contribution in [-0.4, -0.2) is 31.7 Å². The van der Waals surface area contributed by atoms with Gasteiger partial charge in [0.1, 0.15) is 12.4 Å². The molecule has 0 fully saturated rings. The van der Waals surface area contributed by atoms with Crippen LogP contribution in [0.25, 0.3) is 6.08 Å². The highest BCUT2D eigenvalue weighted by molar-refractivity contribution is 6.14. The number of hydrogen-bond donors (Lipinski definition) is 1. The Kier molecular flexibility index (Phi) is 4.40. The Bertz CT molecular complexity index is 855. The summed E-state index contributed by atoms with van der Waals surface area (Å²) < 4.78 is 16.1. The molecule has 0 saturated carbocycles. The number of Topliss-reactive ketones (excluding diaryl/α,β-unsaturated/α-hetero) is 1. The van der Waals surface area contributed by atoms with Crippen molar-refractivity contribution in [3.05, 3.63) is 52.1 Å². The van der Waals surface area contributed by atoms with Gasteiger partial charge in [-0.2, -0.15) is 0 Å². The van der Waals surface area contributed by atoms with Gasteiger partial charge in [0, 0.05) is 5.57 Å². The van der Waals surface area contributed by atoms with Crippen molar-refractivity contribution in [1.29, 1.82) is 0 Å². The lowest BCUT2D eigenvalue weighted by atomic mass is 9.95. The number of methoxy groups -OCH3 is 2. The first-order chi connectivity index (χ1) is 11.9. The van der Waals surface area contributed by atoms with Gasteiger partial charge in [0.05, 0.1) is 19.8 Å². The van der Waals surface area contributed by atoms with E-state index in [0.29, 0.717) is 22.4 Å². The SMILES string of the molecule is COc1cc(C=C2COc3cc(C)c(C)cc3C2=O)cc(OC)c1O. The number of benzene rings is 2. The van der Waals surface area contributed by atoms with Gasteiger partial charge in [-0.3, -0.25) is 4.79 Å². The highest BCUT2D eigenvalue weighted by Crippen LogP contribution is 2.38. The molecular weight excluding hydrogens is 320 g/mol. The molecule has 0 atom stereocenters. The quantitative estimate of drug-likeness (QED) is 0.864. The van der Waals surface area contributed by atoms with Gasteiger partial charge in [-0.25, -0.2) is 0 Å². The maximum atomic E-state index is 12.8. The average Bonchev–Trinajstić information content (AvgIpc) is 2.60. The molecule has 0 aromatic heterocycles. The minimum absolute atomic E-state index is 0.0599. The smallest absolute Gasteiger partial charge is 0.200 e. The topological polar surface area (TPSA) is 65.0 Å². The normalized spacial score (nSPS) is 14.9. The Morgan fingerprint density at radius 2 is 1.64 bits per heavy atom. The summed E-state index contributed by atoms with van der Waals surface area (Å²) in [5, 5.41) is 10.00. The lowest BCUT2D eigenvalue weighted by Gasteiger charge is -2.20. The minimum atomic E-state index is -0.0742. The molecule has 0 aliphatic carbocycles. The van der Waals surface area contributed by atoms with Crippen LogP contribution in [0, 0.1) is 13.8 Å². The summed E-state index contributed by atoms with van der Waals surface area (Å²) >= 11 is 0. The van der Waals surface area contributed by atoms with Gasteiger partial charge in [-0.15, -0.1) is 0 Å². The Morgan fingerprint density at radius 3 is 2.24 bits per heavy atom. The molecule has 0 amide bonds. The summed E-state index contributed by atoms with van der Waals surface area (Å²) in [5.74, 6) is 1.04. The Hall–Kier alpha value is -2.95. The Labute approximate surface area is 146 Å². The number of phenolic OH excluding ortho intramolecular Hbond substituents is 1. The number of carbonyl (C=O) groups is 1. The molecule has 25 heavy (non-hydrogen) atoms. The number of phenols is 1. The minimum Gasteiger partial charge on any atom is -0.502 e. The van der Waals surface area contributed by atoms with Crippen molar-refractivity contribution in [2.45, 2.75) is 13.8 Å². The summed E-state index contributed by atoms with van der Waals surface area (Å²) in [4.78, 5) is 12.8. The largest absolute Gasteiger partial charge is 0.502 e. The number of aryl methyl sites for hydroxylation is 2. The van der Waals surface area contributed by atoms with E-state index in [-0.39, 0.29) is 29.6 Å². The van der Waals surface area contributed by atoms with E-state index in [4.69, 9.17) is 14.2 Å². The molecule has 0 unspecified atom stereocenters. The molecule has 0 radical (unpaired) electrons. The number of carbonyl (C=O) groups excluding carboxylic acids is 1. The first kappa shape index (κ1) is 16.9. The third-order valence-electron chi connectivity index (χ3n) is 4.36. The lowest BCUT2D eigenvalue weighted by Crippen LogP contribution is -2.19. The molecule has 1 heterocycles. The summed E-state index contributed by atoms with van der Waals surface area (Å²) in [6, 6.07) is 7.05. The Morgan fingerprint density at radius 1 is 1.04 bits per heavy atom. The molecule has 2 aromatic carbocycles. The summed E-state index contributed by atoms with van der Waals surface area (Å²) in [6.45, 7) is 4.15. The van der Waals surface area contributed by atoms with Crippen LogP contribution in [0.15, 0.2) is 29.8 Å². The van der Waals surface area contributed by atoms with E-state index in [1.807, 2.05) is 26.0 Å². The summed E-state index contributed by atoms with van der Waals surface area (Å²) in [6.07, 6.45) is 1.73. The monoisotopic (exact) mass is 340 g/mol. The molecule has 2 aromatic rings. The number of ether oxygens (including phenoxy) is 3. The average molecular weight is 340 g/mol. The zero-order valence-corrected chi connectivity index (χ0v) is 14.7. The second-order valence-electron chi connectivity index (χ2n) is 5.99. The molecular formula is C20H20O5. The molecule has 0 saturated heterocycles. The fraction of sp³-hybridized carbons (Fsp3) is 0.250. The van der Waals surface area contributed by atoms with E-state index in [1.165, 1.54) is 14.2 Å². The van der Waals surface area contributed by atoms with Crippen LogP contribution in [0.2, 0.25) is 0 Å². The van der Waals surface area contributed by atoms with Crippen molar-refractivity contribution in [2.75, 3.05) is 20.8 Å². The van der Waals surface area contributed by atoms with E-state index >= 15 is 0 Å². The number of ketones is 1. The number of fused-ring (bicyclic) bond motifs is 1. The first-order valence-electron chi connectivity index (χ1n) is 7.89. The van der Waals surface area contributed by atoms with Gasteiger partial charge < -0.3 is 19.3 Å². The number of aromatic hydroxyl groups is 1. The highest BCUT2D eigenvalue weighted by atomic mass is 16.5. The van der Waals surface area contributed by atoms with Crippen molar-refractivity contribution in [1.82, 2.24) is 0 Å². The van der Waals surface area contributed by atoms with Gasteiger partial charge >= 0.3 is 0 Å². The van der Waals surface area contributed by atoms with Crippen LogP contribution in [-0.2, 0) is 0 Å². The number of hydrogen-bond acceptors (Lipinski definition) is 5. The molecule has 3 rings (SSSR count). The predicted molar refractivity (Wildman–Crippen MR) is 94.9 cm³/mol. The van der Waals surface area contributed by atoms with Crippen LogP contribution < -0.4 is 14.2 Å². The van der Waals surface area contributed by atoms with Crippen molar-refractivity contribution >= 4 is 11.9 Å². The molecule has 1 aliphatic heterocycles. The van der Waals surface area contributed by atoms with E-state index in [9.17, 15) is 9.90 Å². The maximum Gasteiger partial charge on any atom is 0.200 e. The third-order valence-corrected chi connectivity index (χ3v) is 4.36. The second-order valence-corrected chi connectivity index (χ2v) is 5.99. The van der Waals surface area contributed by atoms with Crippen LogP contribution in [0.3, 0.4) is 0 Å². The first-order valence-corrected chi connectivity index (χ1v) is 7.89. The molecule has 5 heteroatoms. The highest BCUT2D eigenvalue weighted by Gasteiger charge is 2.24. The van der Waals surface area contributed by atoms with E-state index in [0.717, 1.165) is 11.1 Å². The fourth-order valence-electron chi connectivity index (χ4n) is 2.79. The molecule has 0 bridgehead atoms. The maximum absolute atomic E-state index is 12.8. The predicted octanol–water partition coefficient (Wildman–Crippen LogP) is 3.68. The lowest BCUT2D eigenvalue weighted by molar-refractivity contribution is 0.100. The standard InChI is InChI=1S/C20H20O5/c1-11-5-15-16(6-12(11)2)25-10-14(19(15)21)7-13-8-17(23-3)20(22)18(9-13)24-4/h5-9,22H,10H2,1-4H3. The van der Waals surface area contributed by atoms with Crippen molar-refractivity contribution in [3.8, 4) is 23.0 Å².